The molecule has 0 fully saturated rings. The molecular weight excluding hydrogens is 284 g/mol. The maximum absolute atomic E-state index is 11.9. The quantitative estimate of drug-likeness (QED) is 0.744. The van der Waals surface area contributed by atoms with Crippen LogP contribution in [0.5, 0.6) is 0 Å². The number of hydrogen-bond donors (Lipinski definition) is 3. The van der Waals surface area contributed by atoms with Crippen LogP contribution in [0.2, 0.25) is 0 Å². The average molecular weight is 301 g/mol. The van der Waals surface area contributed by atoms with Crippen LogP contribution in [0.3, 0.4) is 0 Å². The van der Waals surface area contributed by atoms with E-state index in [0.29, 0.717) is 17.7 Å². The van der Waals surface area contributed by atoms with E-state index in [1.54, 1.807) is 18.2 Å². The molecule has 17 heavy (non-hydrogen) atoms. The number of rotatable bonds is 4. The van der Waals surface area contributed by atoms with Crippen molar-refractivity contribution in [1.82, 2.24) is 5.32 Å². The van der Waals surface area contributed by atoms with Crippen molar-refractivity contribution >= 4 is 27.5 Å². The fraction of sp³-hybridized carbons (Fsp3) is 0.417. The van der Waals surface area contributed by atoms with Gasteiger partial charge in [0.25, 0.3) is 5.91 Å². The lowest BCUT2D eigenvalue weighted by Crippen LogP contribution is -2.44. The molecule has 0 saturated carbocycles. The highest BCUT2D eigenvalue weighted by atomic mass is 79.9. The Hall–Kier alpha value is -1.07. The highest BCUT2D eigenvalue weighted by Gasteiger charge is 2.20. The van der Waals surface area contributed by atoms with Crippen LogP contribution < -0.4 is 11.1 Å². The first kappa shape index (κ1) is 14.0. The zero-order valence-electron chi connectivity index (χ0n) is 9.96. The number of carbonyl (C=O) groups is 1. The lowest BCUT2D eigenvalue weighted by Gasteiger charge is -2.25. The van der Waals surface area contributed by atoms with E-state index in [1.165, 1.54) is 0 Å². The average Bonchev–Trinajstić information content (AvgIpc) is 2.21. The van der Waals surface area contributed by atoms with Gasteiger partial charge in [0.2, 0.25) is 0 Å². The molecule has 0 atom stereocenters. The summed E-state index contributed by atoms with van der Waals surface area (Å²) in [6.45, 7) is 3.77. The van der Waals surface area contributed by atoms with E-state index in [4.69, 9.17) is 10.8 Å². The minimum atomic E-state index is -0.437. The molecular formula is C12H17BrN2O2. The summed E-state index contributed by atoms with van der Waals surface area (Å²) in [5.74, 6) is -0.192. The number of anilines is 1. The van der Waals surface area contributed by atoms with Gasteiger partial charge in [-0.1, -0.05) is 0 Å². The van der Waals surface area contributed by atoms with Crippen molar-refractivity contribution in [3.8, 4) is 0 Å². The van der Waals surface area contributed by atoms with Crippen molar-refractivity contribution in [2.75, 3.05) is 12.3 Å². The molecule has 4 nitrogen and oxygen atoms in total. The lowest BCUT2D eigenvalue weighted by molar-refractivity contribution is 0.0899. The number of nitrogens with two attached hydrogens (primary N) is 1. The topological polar surface area (TPSA) is 75.3 Å². The van der Waals surface area contributed by atoms with Gasteiger partial charge in [0.15, 0.2) is 0 Å². The number of hydrogen-bond acceptors (Lipinski definition) is 3. The molecule has 4 N–H and O–H groups in total. The monoisotopic (exact) mass is 300 g/mol. The molecule has 1 amide bonds. The van der Waals surface area contributed by atoms with Gasteiger partial charge < -0.3 is 16.2 Å². The van der Waals surface area contributed by atoms with Gasteiger partial charge in [0, 0.05) is 27.9 Å². The van der Waals surface area contributed by atoms with Crippen molar-refractivity contribution < 1.29 is 9.90 Å². The maximum Gasteiger partial charge on any atom is 0.251 e. The Kier molecular flexibility index (Phi) is 4.54. The summed E-state index contributed by atoms with van der Waals surface area (Å²) in [5, 5.41) is 11.7. The second-order valence-corrected chi connectivity index (χ2v) is 5.40. The minimum Gasteiger partial charge on any atom is -0.398 e. The van der Waals surface area contributed by atoms with Gasteiger partial charge in [0.1, 0.15) is 0 Å². The van der Waals surface area contributed by atoms with Crippen LogP contribution >= 0.6 is 15.9 Å². The molecule has 0 radical (unpaired) electrons. The van der Waals surface area contributed by atoms with Gasteiger partial charge in [-0.15, -0.1) is 0 Å². The molecule has 0 spiro atoms. The van der Waals surface area contributed by atoms with Crippen LogP contribution in [0.25, 0.3) is 0 Å². The Morgan fingerprint density at radius 3 is 2.71 bits per heavy atom. The second-order valence-electron chi connectivity index (χ2n) is 4.55. The highest BCUT2D eigenvalue weighted by molar-refractivity contribution is 9.10. The van der Waals surface area contributed by atoms with E-state index >= 15 is 0 Å². The number of aliphatic hydroxyl groups excluding tert-OH is 1. The van der Waals surface area contributed by atoms with Crippen LogP contribution in [-0.4, -0.2) is 23.2 Å². The summed E-state index contributed by atoms with van der Waals surface area (Å²) in [6, 6.07) is 5.06. The molecule has 0 aromatic heterocycles. The fourth-order valence-electron chi connectivity index (χ4n) is 1.41. The number of nitrogens with one attached hydrogen (secondary N) is 1. The Balaban J connectivity index is 2.80. The molecule has 0 aliphatic carbocycles. The number of halogens is 1. The van der Waals surface area contributed by atoms with Gasteiger partial charge in [-0.05, 0) is 54.4 Å². The zero-order valence-corrected chi connectivity index (χ0v) is 11.5. The third kappa shape index (κ3) is 4.02. The summed E-state index contributed by atoms with van der Waals surface area (Å²) in [5.41, 5.74) is 6.31. The van der Waals surface area contributed by atoms with E-state index in [0.717, 1.165) is 4.47 Å². The largest absolute Gasteiger partial charge is 0.398 e. The van der Waals surface area contributed by atoms with E-state index < -0.39 is 5.54 Å². The van der Waals surface area contributed by atoms with Crippen molar-refractivity contribution in [2.24, 2.45) is 0 Å². The summed E-state index contributed by atoms with van der Waals surface area (Å²) in [7, 11) is 0. The molecule has 0 aliphatic rings. The van der Waals surface area contributed by atoms with Crippen LogP contribution in [0.1, 0.15) is 30.6 Å². The SMILES string of the molecule is CC(C)(CCO)NC(=O)c1ccc(Br)c(N)c1. The Bertz CT molecular complexity index is 419. The normalized spacial score (nSPS) is 11.3. The minimum absolute atomic E-state index is 0.0375. The molecule has 5 heteroatoms. The molecule has 1 aromatic rings. The van der Waals surface area contributed by atoms with Crippen molar-refractivity contribution in [1.29, 1.82) is 0 Å². The number of nitrogen functional groups attached to an aromatic ring is 1. The van der Waals surface area contributed by atoms with Gasteiger partial charge in [0.05, 0.1) is 0 Å². The standard InChI is InChI=1S/C12H17BrN2O2/c1-12(2,5-6-16)15-11(17)8-3-4-9(13)10(14)7-8/h3-4,7,16H,5-6,14H2,1-2H3,(H,15,17). The maximum atomic E-state index is 11.9. The van der Waals surface area contributed by atoms with Crippen molar-refractivity contribution in [3.05, 3.63) is 28.2 Å². The molecule has 1 rings (SSSR count). The molecule has 0 saturated heterocycles. The number of amides is 1. The predicted octanol–water partition coefficient (Wildman–Crippen LogP) is 1.92. The number of carbonyl (C=O) groups excluding carboxylic acids is 1. The summed E-state index contributed by atoms with van der Waals surface area (Å²) in [6.07, 6.45) is 0.505. The van der Waals surface area contributed by atoms with E-state index in [-0.39, 0.29) is 12.5 Å². The first-order valence-corrected chi connectivity index (χ1v) is 6.13. The van der Waals surface area contributed by atoms with Crippen molar-refractivity contribution in [2.45, 2.75) is 25.8 Å². The third-order valence-electron chi connectivity index (χ3n) is 2.45. The third-order valence-corrected chi connectivity index (χ3v) is 3.17. The van der Waals surface area contributed by atoms with E-state index in [9.17, 15) is 4.79 Å². The fourth-order valence-corrected chi connectivity index (χ4v) is 1.65. The highest BCUT2D eigenvalue weighted by Crippen LogP contribution is 2.20. The molecule has 0 heterocycles. The molecule has 0 unspecified atom stereocenters. The molecule has 0 bridgehead atoms. The zero-order chi connectivity index (χ0) is 13.1. The number of benzene rings is 1. The summed E-state index contributed by atoms with van der Waals surface area (Å²) < 4.78 is 0.767. The Morgan fingerprint density at radius 2 is 2.18 bits per heavy atom. The smallest absolute Gasteiger partial charge is 0.251 e. The predicted molar refractivity (Wildman–Crippen MR) is 71.8 cm³/mol. The first-order valence-electron chi connectivity index (χ1n) is 5.34. The van der Waals surface area contributed by atoms with E-state index in [2.05, 4.69) is 21.2 Å². The summed E-state index contributed by atoms with van der Waals surface area (Å²) in [4.78, 5) is 11.9. The second kappa shape index (κ2) is 5.51. The van der Waals surface area contributed by atoms with Crippen LogP contribution in [0.15, 0.2) is 22.7 Å². The summed E-state index contributed by atoms with van der Waals surface area (Å²) >= 11 is 3.27. The molecule has 1 aromatic carbocycles. The van der Waals surface area contributed by atoms with Gasteiger partial charge in [-0.25, -0.2) is 0 Å². The van der Waals surface area contributed by atoms with Gasteiger partial charge >= 0.3 is 0 Å². The van der Waals surface area contributed by atoms with Crippen LogP contribution in [0, 0.1) is 0 Å². The van der Waals surface area contributed by atoms with Gasteiger partial charge in [-0.2, -0.15) is 0 Å². The van der Waals surface area contributed by atoms with Crippen LogP contribution in [-0.2, 0) is 0 Å². The molecule has 0 aliphatic heterocycles. The Morgan fingerprint density at radius 1 is 1.53 bits per heavy atom. The van der Waals surface area contributed by atoms with E-state index in [1.807, 2.05) is 13.8 Å². The van der Waals surface area contributed by atoms with Crippen molar-refractivity contribution in [3.63, 3.8) is 0 Å². The first-order chi connectivity index (χ1) is 7.85. The Labute approximate surface area is 109 Å². The lowest BCUT2D eigenvalue weighted by atomic mass is 10.0. The number of aliphatic hydroxyl groups is 1. The van der Waals surface area contributed by atoms with Crippen LogP contribution in [0.4, 0.5) is 5.69 Å². The molecule has 94 valence electrons. The van der Waals surface area contributed by atoms with Gasteiger partial charge in [-0.3, -0.25) is 4.79 Å².